The number of Topliss-reactive ketones (excluding diaryl/α,β-unsaturated/α-hetero) is 1. The second kappa shape index (κ2) is 10.0. The van der Waals surface area contributed by atoms with Crippen molar-refractivity contribution in [2.24, 2.45) is 0 Å². The van der Waals surface area contributed by atoms with Crippen molar-refractivity contribution in [2.45, 2.75) is 12.5 Å². The molecule has 1 fully saturated rings. The number of ether oxygens (including phenoxy) is 2. The van der Waals surface area contributed by atoms with Crippen molar-refractivity contribution in [3.05, 3.63) is 100 Å². The van der Waals surface area contributed by atoms with E-state index in [1.807, 2.05) is 30.5 Å². The maximum atomic E-state index is 13.4. The van der Waals surface area contributed by atoms with Gasteiger partial charge in [0, 0.05) is 39.8 Å². The third-order valence-corrected chi connectivity index (χ3v) is 6.94. The lowest BCUT2D eigenvalue weighted by atomic mass is 9.94. The van der Waals surface area contributed by atoms with E-state index < -0.39 is 17.7 Å². The van der Waals surface area contributed by atoms with E-state index in [-0.39, 0.29) is 17.9 Å². The summed E-state index contributed by atoms with van der Waals surface area (Å²) in [7, 11) is 3.05. The topological polar surface area (TPSA) is 91.9 Å². The molecule has 1 aliphatic heterocycles. The number of methoxy groups -OCH3 is 2. The Kier molecular flexibility index (Phi) is 6.63. The molecule has 0 bridgehead atoms. The fourth-order valence-corrected chi connectivity index (χ4v) is 4.96. The summed E-state index contributed by atoms with van der Waals surface area (Å²) in [5.74, 6) is -0.734. The summed E-state index contributed by atoms with van der Waals surface area (Å²) in [5.41, 5.74) is 2.92. The van der Waals surface area contributed by atoms with Gasteiger partial charge >= 0.3 is 0 Å². The number of fused-ring (bicyclic) bond motifs is 1. The fourth-order valence-electron chi connectivity index (χ4n) is 4.83. The van der Waals surface area contributed by atoms with Crippen molar-refractivity contribution < 1.29 is 24.2 Å². The number of rotatable bonds is 7. The molecule has 5 rings (SSSR count). The Labute approximate surface area is 218 Å². The third kappa shape index (κ3) is 4.42. The van der Waals surface area contributed by atoms with E-state index in [2.05, 4.69) is 4.98 Å². The highest BCUT2D eigenvalue weighted by atomic mass is 35.5. The first-order chi connectivity index (χ1) is 17.9. The first-order valence-corrected chi connectivity index (χ1v) is 12.1. The van der Waals surface area contributed by atoms with E-state index >= 15 is 0 Å². The molecule has 1 amide bonds. The number of aromatic amines is 1. The van der Waals surface area contributed by atoms with Gasteiger partial charge in [-0.1, -0.05) is 29.8 Å². The first kappa shape index (κ1) is 24.5. The average molecular weight is 517 g/mol. The highest BCUT2D eigenvalue weighted by Gasteiger charge is 2.47. The molecule has 3 aromatic carbocycles. The molecule has 188 valence electrons. The van der Waals surface area contributed by atoms with E-state index in [0.717, 1.165) is 16.5 Å². The summed E-state index contributed by atoms with van der Waals surface area (Å²) >= 11 is 6.02. The normalized spacial score (nSPS) is 16.9. The van der Waals surface area contributed by atoms with Gasteiger partial charge in [0.1, 0.15) is 17.3 Å². The molecule has 37 heavy (non-hydrogen) atoms. The minimum absolute atomic E-state index is 0.0159. The SMILES string of the molecule is COc1ccc(OC)c([C@@H]2C(=C(O)c3ccc(Cl)cc3)C(=O)C(=O)N2CCc2c[nH]c3ccccc23)c1. The number of hydrogen-bond acceptors (Lipinski definition) is 5. The van der Waals surface area contributed by atoms with Gasteiger partial charge < -0.3 is 24.5 Å². The quantitative estimate of drug-likeness (QED) is 0.192. The van der Waals surface area contributed by atoms with Gasteiger partial charge in [-0.05, 0) is 60.5 Å². The maximum absolute atomic E-state index is 13.4. The number of aromatic nitrogens is 1. The number of ketones is 1. The van der Waals surface area contributed by atoms with Crippen LogP contribution in [0.25, 0.3) is 16.7 Å². The number of carbonyl (C=O) groups excluding carboxylic acids is 2. The van der Waals surface area contributed by atoms with Crippen LogP contribution >= 0.6 is 11.6 Å². The zero-order chi connectivity index (χ0) is 26.1. The number of para-hydroxylation sites is 1. The van der Waals surface area contributed by atoms with Crippen molar-refractivity contribution in [1.29, 1.82) is 0 Å². The van der Waals surface area contributed by atoms with Gasteiger partial charge in [0.05, 0.1) is 25.8 Å². The molecule has 1 aromatic heterocycles. The molecule has 1 saturated heterocycles. The Bertz CT molecular complexity index is 1520. The minimum Gasteiger partial charge on any atom is -0.507 e. The van der Waals surface area contributed by atoms with Gasteiger partial charge in [-0.15, -0.1) is 0 Å². The molecule has 1 aliphatic rings. The highest BCUT2D eigenvalue weighted by Crippen LogP contribution is 2.44. The molecule has 0 spiro atoms. The number of nitrogens with one attached hydrogen (secondary N) is 1. The lowest BCUT2D eigenvalue weighted by molar-refractivity contribution is -0.139. The van der Waals surface area contributed by atoms with Gasteiger partial charge in [0.25, 0.3) is 11.7 Å². The van der Waals surface area contributed by atoms with Crippen molar-refractivity contribution in [2.75, 3.05) is 20.8 Å². The van der Waals surface area contributed by atoms with Crippen LogP contribution in [-0.2, 0) is 16.0 Å². The second-order valence-electron chi connectivity index (χ2n) is 8.72. The third-order valence-electron chi connectivity index (χ3n) is 6.69. The Hall–Kier alpha value is -4.23. The van der Waals surface area contributed by atoms with Crippen LogP contribution in [-0.4, -0.2) is 47.4 Å². The molecule has 0 aliphatic carbocycles. The lowest BCUT2D eigenvalue weighted by Crippen LogP contribution is -2.31. The van der Waals surface area contributed by atoms with E-state index in [4.69, 9.17) is 21.1 Å². The number of aliphatic hydroxyl groups excluding tert-OH is 1. The van der Waals surface area contributed by atoms with E-state index in [1.54, 1.807) is 42.5 Å². The van der Waals surface area contributed by atoms with Crippen LogP contribution in [0.2, 0.25) is 5.02 Å². The van der Waals surface area contributed by atoms with Crippen LogP contribution in [0.15, 0.2) is 78.5 Å². The summed E-state index contributed by atoms with van der Waals surface area (Å²) in [4.78, 5) is 31.5. The number of amides is 1. The number of benzene rings is 3. The van der Waals surface area contributed by atoms with Gasteiger partial charge in [-0.25, -0.2) is 0 Å². The van der Waals surface area contributed by atoms with Crippen LogP contribution < -0.4 is 9.47 Å². The van der Waals surface area contributed by atoms with Gasteiger partial charge in [0.2, 0.25) is 0 Å². The standard InChI is InChI=1S/C29H25ClN2O5/c1-36-20-11-12-24(37-2)22(15-20)26-25(27(33)17-7-9-19(30)10-8-17)28(34)29(35)32(26)14-13-18-16-31-23-6-4-3-5-21(18)23/h3-12,15-16,26,31,33H,13-14H2,1-2H3/t26-/m1/s1. The molecule has 4 aromatic rings. The Morgan fingerprint density at radius 3 is 2.51 bits per heavy atom. The summed E-state index contributed by atoms with van der Waals surface area (Å²) in [5, 5.41) is 12.8. The van der Waals surface area contributed by atoms with Crippen molar-refractivity contribution >= 4 is 40.0 Å². The van der Waals surface area contributed by atoms with Crippen molar-refractivity contribution in [1.82, 2.24) is 9.88 Å². The molecule has 8 heteroatoms. The molecule has 2 heterocycles. The molecule has 0 radical (unpaired) electrons. The van der Waals surface area contributed by atoms with E-state index in [9.17, 15) is 14.7 Å². The molecule has 2 N–H and O–H groups in total. The van der Waals surface area contributed by atoms with Crippen molar-refractivity contribution in [3.8, 4) is 11.5 Å². The fraction of sp³-hybridized carbons (Fsp3) is 0.172. The van der Waals surface area contributed by atoms with E-state index in [0.29, 0.717) is 34.1 Å². The highest BCUT2D eigenvalue weighted by molar-refractivity contribution is 6.46. The van der Waals surface area contributed by atoms with Gasteiger partial charge in [0.15, 0.2) is 0 Å². The molecule has 0 saturated carbocycles. The number of aliphatic hydroxyl groups is 1. The monoisotopic (exact) mass is 516 g/mol. The van der Waals surface area contributed by atoms with Gasteiger partial charge in [-0.2, -0.15) is 0 Å². The second-order valence-corrected chi connectivity index (χ2v) is 9.15. The zero-order valence-electron chi connectivity index (χ0n) is 20.3. The van der Waals surface area contributed by atoms with Crippen LogP contribution in [0.5, 0.6) is 11.5 Å². The largest absolute Gasteiger partial charge is 0.507 e. The minimum atomic E-state index is -0.883. The molecule has 1 atom stereocenters. The summed E-state index contributed by atoms with van der Waals surface area (Å²) < 4.78 is 11.0. The first-order valence-electron chi connectivity index (χ1n) is 11.7. The number of carbonyl (C=O) groups is 2. The average Bonchev–Trinajstić information content (AvgIpc) is 3.45. The number of nitrogens with zero attached hydrogens (tertiary/aromatic N) is 1. The maximum Gasteiger partial charge on any atom is 0.295 e. The lowest BCUT2D eigenvalue weighted by Gasteiger charge is -2.27. The number of hydrogen-bond donors (Lipinski definition) is 2. The van der Waals surface area contributed by atoms with Crippen LogP contribution in [0, 0.1) is 0 Å². The predicted molar refractivity (Wildman–Crippen MR) is 142 cm³/mol. The molecular weight excluding hydrogens is 492 g/mol. The molecular formula is C29H25ClN2O5. The number of likely N-dealkylation sites (tertiary alicyclic amines) is 1. The van der Waals surface area contributed by atoms with Crippen molar-refractivity contribution in [3.63, 3.8) is 0 Å². The number of H-pyrrole nitrogens is 1. The number of halogens is 1. The van der Waals surface area contributed by atoms with Crippen LogP contribution in [0.1, 0.15) is 22.7 Å². The van der Waals surface area contributed by atoms with E-state index in [1.165, 1.54) is 19.1 Å². The Morgan fingerprint density at radius 1 is 1.03 bits per heavy atom. The Balaban J connectivity index is 1.63. The van der Waals surface area contributed by atoms with Gasteiger partial charge in [-0.3, -0.25) is 9.59 Å². The van der Waals surface area contributed by atoms with Crippen LogP contribution in [0.3, 0.4) is 0 Å². The van der Waals surface area contributed by atoms with Crippen LogP contribution in [0.4, 0.5) is 0 Å². The summed E-state index contributed by atoms with van der Waals surface area (Å²) in [6.45, 7) is 0.245. The summed E-state index contributed by atoms with van der Waals surface area (Å²) in [6.07, 6.45) is 2.41. The summed E-state index contributed by atoms with van der Waals surface area (Å²) in [6, 6.07) is 18.6. The predicted octanol–water partition coefficient (Wildman–Crippen LogP) is 5.50. The zero-order valence-corrected chi connectivity index (χ0v) is 21.1. The smallest absolute Gasteiger partial charge is 0.295 e. The molecule has 7 nitrogen and oxygen atoms in total. The molecule has 0 unspecified atom stereocenters. The Morgan fingerprint density at radius 2 is 1.78 bits per heavy atom.